The molecule has 0 fully saturated rings. The fourth-order valence-corrected chi connectivity index (χ4v) is 2.27. The molecule has 2 atom stereocenters. The van der Waals surface area contributed by atoms with Gasteiger partial charge in [0.2, 0.25) is 5.91 Å². The minimum atomic E-state index is -0.987. The van der Waals surface area contributed by atoms with Crippen molar-refractivity contribution < 1.29 is 19.4 Å². The number of amides is 1. The number of carboxylic acid groups (broad SMARTS) is 1. The maximum Gasteiger partial charge on any atom is 0.326 e. The van der Waals surface area contributed by atoms with Crippen molar-refractivity contribution in [3.63, 3.8) is 0 Å². The van der Waals surface area contributed by atoms with Gasteiger partial charge < -0.3 is 15.2 Å². The Morgan fingerprint density at radius 1 is 1.18 bits per heavy atom. The Balaban J connectivity index is 2.60. The molecule has 1 rings (SSSR count). The zero-order chi connectivity index (χ0) is 16.7. The first kappa shape index (κ1) is 18.0. The van der Waals surface area contributed by atoms with Crippen LogP contribution in [0.3, 0.4) is 0 Å². The van der Waals surface area contributed by atoms with Crippen LogP contribution in [0, 0.1) is 5.92 Å². The molecule has 0 aliphatic carbocycles. The van der Waals surface area contributed by atoms with Gasteiger partial charge in [0, 0.05) is 6.42 Å². The Bertz CT molecular complexity index is 496. The second kappa shape index (κ2) is 8.41. The average Bonchev–Trinajstić information content (AvgIpc) is 2.46. The number of methoxy groups -OCH3 is 1. The second-order valence-electron chi connectivity index (χ2n) is 5.97. The third-order valence-electron chi connectivity index (χ3n) is 3.52. The molecule has 0 aromatic heterocycles. The van der Waals surface area contributed by atoms with Crippen molar-refractivity contribution in [1.29, 1.82) is 0 Å². The summed E-state index contributed by atoms with van der Waals surface area (Å²) < 4.78 is 5.10. The molecule has 22 heavy (non-hydrogen) atoms. The van der Waals surface area contributed by atoms with E-state index in [-0.39, 0.29) is 24.2 Å². The highest BCUT2D eigenvalue weighted by molar-refractivity contribution is 5.83. The van der Waals surface area contributed by atoms with Gasteiger partial charge in [-0.15, -0.1) is 0 Å². The predicted molar refractivity (Wildman–Crippen MR) is 85.0 cm³/mol. The van der Waals surface area contributed by atoms with Gasteiger partial charge in [-0.25, -0.2) is 4.79 Å². The summed E-state index contributed by atoms with van der Waals surface area (Å²) in [7, 11) is 1.60. The van der Waals surface area contributed by atoms with Crippen molar-refractivity contribution in [3.05, 3.63) is 29.8 Å². The summed E-state index contributed by atoms with van der Waals surface area (Å²) in [6.07, 6.45) is 0.687. The van der Waals surface area contributed by atoms with Crippen LogP contribution in [0.15, 0.2) is 24.3 Å². The van der Waals surface area contributed by atoms with Crippen molar-refractivity contribution in [2.45, 2.75) is 45.6 Å². The van der Waals surface area contributed by atoms with Crippen LogP contribution < -0.4 is 10.1 Å². The molecule has 1 amide bonds. The summed E-state index contributed by atoms with van der Waals surface area (Å²) in [5.74, 6) is -0.237. The quantitative estimate of drug-likeness (QED) is 0.774. The molecule has 2 N–H and O–H groups in total. The molecule has 5 nitrogen and oxygen atoms in total. The molecule has 1 unspecified atom stereocenters. The van der Waals surface area contributed by atoms with Gasteiger partial charge in [0.1, 0.15) is 11.8 Å². The van der Waals surface area contributed by atoms with E-state index >= 15 is 0 Å². The summed E-state index contributed by atoms with van der Waals surface area (Å²) in [5, 5.41) is 11.8. The Kier molecular flexibility index (Phi) is 6.89. The number of carbonyl (C=O) groups excluding carboxylic acids is 1. The number of ether oxygens (including phenoxy) is 1. The summed E-state index contributed by atoms with van der Waals surface area (Å²) in [6, 6.07) is 6.71. The Morgan fingerprint density at radius 2 is 1.77 bits per heavy atom. The van der Waals surface area contributed by atoms with Gasteiger partial charge in [-0.1, -0.05) is 32.9 Å². The number of aliphatic carboxylic acids is 1. The normalized spacial score (nSPS) is 13.5. The van der Waals surface area contributed by atoms with E-state index in [9.17, 15) is 9.59 Å². The standard InChI is InChI=1S/C17H25NO4/c1-11(2)9-15(17(20)21)18-16(19)10-12(3)13-5-7-14(22-4)8-6-13/h5-8,11-12,15H,9-10H2,1-4H3,(H,18,19)(H,20,21)/t12?,15-/m0/s1. The molecule has 0 aliphatic rings. The van der Waals surface area contributed by atoms with Crippen LogP contribution >= 0.6 is 0 Å². The van der Waals surface area contributed by atoms with E-state index in [1.54, 1.807) is 7.11 Å². The lowest BCUT2D eigenvalue weighted by Crippen LogP contribution is -2.41. The molecule has 0 saturated carbocycles. The Hall–Kier alpha value is -2.04. The van der Waals surface area contributed by atoms with Gasteiger partial charge in [-0.05, 0) is 36.0 Å². The van der Waals surface area contributed by atoms with Crippen LogP contribution in [0.5, 0.6) is 5.75 Å². The molecule has 0 aliphatic heterocycles. The van der Waals surface area contributed by atoms with Crippen LogP contribution in [0.25, 0.3) is 0 Å². The minimum absolute atomic E-state index is 0.0133. The van der Waals surface area contributed by atoms with E-state index in [0.717, 1.165) is 11.3 Å². The smallest absolute Gasteiger partial charge is 0.326 e. The van der Waals surface area contributed by atoms with E-state index in [1.165, 1.54) is 0 Å². The number of rotatable bonds is 8. The fourth-order valence-electron chi connectivity index (χ4n) is 2.27. The molecule has 0 saturated heterocycles. The number of hydrogen-bond acceptors (Lipinski definition) is 3. The SMILES string of the molecule is COc1ccc(C(C)CC(=O)N[C@@H](CC(C)C)C(=O)O)cc1. The number of nitrogens with one attached hydrogen (secondary N) is 1. The number of benzene rings is 1. The van der Waals surface area contributed by atoms with E-state index in [0.29, 0.717) is 6.42 Å². The molecular formula is C17H25NO4. The summed E-state index contributed by atoms with van der Waals surface area (Å²) in [5.41, 5.74) is 1.02. The molecule has 5 heteroatoms. The molecule has 0 spiro atoms. The zero-order valence-electron chi connectivity index (χ0n) is 13.6. The van der Waals surface area contributed by atoms with Crippen molar-refractivity contribution in [1.82, 2.24) is 5.32 Å². The van der Waals surface area contributed by atoms with Crippen molar-refractivity contribution in [2.75, 3.05) is 7.11 Å². The van der Waals surface area contributed by atoms with Crippen LogP contribution in [0.2, 0.25) is 0 Å². The maximum absolute atomic E-state index is 12.0. The molecule has 122 valence electrons. The number of carbonyl (C=O) groups is 2. The highest BCUT2D eigenvalue weighted by Crippen LogP contribution is 2.22. The van der Waals surface area contributed by atoms with Gasteiger partial charge in [-0.3, -0.25) is 4.79 Å². The fraction of sp³-hybridized carbons (Fsp3) is 0.529. The predicted octanol–water partition coefficient (Wildman–Crippen LogP) is 2.80. The lowest BCUT2D eigenvalue weighted by atomic mass is 9.96. The van der Waals surface area contributed by atoms with E-state index < -0.39 is 12.0 Å². The molecule has 0 radical (unpaired) electrons. The van der Waals surface area contributed by atoms with Gasteiger partial charge >= 0.3 is 5.97 Å². The lowest BCUT2D eigenvalue weighted by molar-refractivity contribution is -0.142. The summed E-state index contributed by atoms with van der Waals surface area (Å²) in [6.45, 7) is 5.81. The molecular weight excluding hydrogens is 282 g/mol. The monoisotopic (exact) mass is 307 g/mol. The minimum Gasteiger partial charge on any atom is -0.497 e. The van der Waals surface area contributed by atoms with Gasteiger partial charge in [0.05, 0.1) is 7.11 Å². The number of carboxylic acids is 1. The van der Waals surface area contributed by atoms with E-state index in [2.05, 4.69) is 5.32 Å². The third-order valence-corrected chi connectivity index (χ3v) is 3.52. The lowest BCUT2D eigenvalue weighted by Gasteiger charge is -2.18. The first-order valence-corrected chi connectivity index (χ1v) is 7.49. The molecule has 0 heterocycles. The molecule has 0 bridgehead atoms. The first-order chi connectivity index (χ1) is 10.3. The number of hydrogen-bond donors (Lipinski definition) is 2. The average molecular weight is 307 g/mol. The zero-order valence-corrected chi connectivity index (χ0v) is 13.6. The van der Waals surface area contributed by atoms with Crippen molar-refractivity contribution in [3.8, 4) is 5.75 Å². The van der Waals surface area contributed by atoms with E-state index in [4.69, 9.17) is 9.84 Å². The van der Waals surface area contributed by atoms with E-state index in [1.807, 2.05) is 45.0 Å². The maximum atomic E-state index is 12.0. The largest absolute Gasteiger partial charge is 0.497 e. The summed E-state index contributed by atoms with van der Waals surface area (Å²) >= 11 is 0. The summed E-state index contributed by atoms with van der Waals surface area (Å²) in [4.78, 5) is 23.2. The molecule has 1 aromatic rings. The third kappa shape index (κ3) is 5.76. The topological polar surface area (TPSA) is 75.6 Å². The van der Waals surface area contributed by atoms with Crippen LogP contribution in [0.4, 0.5) is 0 Å². The van der Waals surface area contributed by atoms with Crippen LogP contribution in [-0.4, -0.2) is 30.1 Å². The van der Waals surface area contributed by atoms with Crippen molar-refractivity contribution >= 4 is 11.9 Å². The van der Waals surface area contributed by atoms with Gasteiger partial charge in [0.15, 0.2) is 0 Å². The second-order valence-corrected chi connectivity index (χ2v) is 5.97. The highest BCUT2D eigenvalue weighted by Gasteiger charge is 2.22. The molecule has 1 aromatic carbocycles. The first-order valence-electron chi connectivity index (χ1n) is 7.49. The van der Waals surface area contributed by atoms with Crippen LogP contribution in [-0.2, 0) is 9.59 Å². The Morgan fingerprint density at radius 3 is 2.23 bits per heavy atom. The Labute approximate surface area is 131 Å². The van der Waals surface area contributed by atoms with Gasteiger partial charge in [-0.2, -0.15) is 0 Å². The van der Waals surface area contributed by atoms with Crippen molar-refractivity contribution in [2.24, 2.45) is 5.92 Å². The van der Waals surface area contributed by atoms with Crippen LogP contribution in [0.1, 0.15) is 45.1 Å². The highest BCUT2D eigenvalue weighted by atomic mass is 16.5. The van der Waals surface area contributed by atoms with Gasteiger partial charge in [0.25, 0.3) is 0 Å².